The maximum atomic E-state index is 15.1. The van der Waals surface area contributed by atoms with E-state index in [1.54, 1.807) is 26.0 Å². The molecule has 7 atom stereocenters. The molecule has 0 amide bonds. The lowest BCUT2D eigenvalue weighted by Crippen LogP contribution is -2.54. The Balaban J connectivity index is 1.21. The standard InChI is InChI=1S/C57H58O11/c1-34(31-59)43-18-15-36-16-19-44-40(27-36)13-7-8-24-57(2)54(67-55(43)62)53(51-48(68-57)22-21-46-47(32-60)50(56(63)66-52(46)51)41(23-25-58)33-64-3)65-49(61)30-42-29-39(17-20-45(42)44)38-14-9-12-37(28-38)26-35-10-5-4-6-11-35/h4-6,9-12,14,16-17,19-22,27-28,39,41-42,45,53-54,58-60H,13,15,18,23-26,29-33H2,1-3H3. The molecular weight excluding hydrogens is 861 g/mol. The van der Waals surface area contributed by atoms with Gasteiger partial charge < -0.3 is 38.7 Å². The zero-order chi connectivity index (χ0) is 47.5. The molecule has 1 aliphatic carbocycles. The molecule has 3 N–H and O–H groups in total. The van der Waals surface area contributed by atoms with Crippen molar-refractivity contribution in [3.8, 4) is 17.6 Å². The van der Waals surface area contributed by atoms with Crippen LogP contribution in [-0.2, 0) is 49.7 Å². The van der Waals surface area contributed by atoms with Crippen LogP contribution in [0.1, 0.15) is 120 Å². The van der Waals surface area contributed by atoms with E-state index in [1.165, 1.54) is 18.2 Å². The molecule has 11 heteroatoms. The van der Waals surface area contributed by atoms with Gasteiger partial charge in [-0.05, 0) is 109 Å². The number of rotatable bonds is 10. The van der Waals surface area contributed by atoms with Crippen LogP contribution in [0.2, 0.25) is 0 Å². The Hall–Kier alpha value is -6.29. The molecular formula is C57H58O11. The van der Waals surface area contributed by atoms with Gasteiger partial charge in [-0.25, -0.2) is 9.59 Å². The highest BCUT2D eigenvalue weighted by atomic mass is 16.6. The number of aryl methyl sites for hydroxylation is 1. The van der Waals surface area contributed by atoms with E-state index in [-0.39, 0.29) is 96.9 Å². The Morgan fingerprint density at radius 2 is 1.74 bits per heavy atom. The summed E-state index contributed by atoms with van der Waals surface area (Å²) in [5, 5.41) is 31.6. The van der Waals surface area contributed by atoms with Gasteiger partial charge in [0, 0.05) is 60.8 Å². The number of carbonyl (C=O) groups is 2. The zero-order valence-corrected chi connectivity index (χ0v) is 38.8. The maximum Gasteiger partial charge on any atom is 0.340 e. The third kappa shape index (κ3) is 9.31. The first-order valence-corrected chi connectivity index (χ1v) is 23.6. The molecule has 0 spiro atoms. The third-order valence-corrected chi connectivity index (χ3v) is 14.4. The molecule has 9 rings (SSSR count). The average molecular weight is 919 g/mol. The molecule has 4 aromatic carbocycles. The van der Waals surface area contributed by atoms with E-state index >= 15 is 4.79 Å². The Kier molecular flexibility index (Phi) is 13.9. The van der Waals surface area contributed by atoms with Gasteiger partial charge in [0.15, 0.2) is 17.8 Å². The minimum Gasteiger partial charge on any atom is -0.482 e. The van der Waals surface area contributed by atoms with Gasteiger partial charge in [0.05, 0.1) is 31.8 Å². The van der Waals surface area contributed by atoms with E-state index < -0.39 is 47.9 Å². The van der Waals surface area contributed by atoms with Gasteiger partial charge in [0.25, 0.3) is 0 Å². The van der Waals surface area contributed by atoms with Crippen LogP contribution in [0.5, 0.6) is 5.75 Å². The number of allylic oxidation sites excluding steroid dienone is 2. The Morgan fingerprint density at radius 1 is 0.912 bits per heavy atom. The van der Waals surface area contributed by atoms with Crippen LogP contribution >= 0.6 is 0 Å². The first-order chi connectivity index (χ1) is 33.0. The van der Waals surface area contributed by atoms with Gasteiger partial charge in [-0.3, -0.25) is 4.79 Å². The van der Waals surface area contributed by atoms with Crippen LogP contribution in [0.3, 0.4) is 0 Å². The predicted octanol–water partition coefficient (Wildman–Crippen LogP) is 8.37. The van der Waals surface area contributed by atoms with Gasteiger partial charge in [-0.1, -0.05) is 96.8 Å². The number of fused-ring (bicyclic) bond motifs is 9. The summed E-state index contributed by atoms with van der Waals surface area (Å²) in [7, 11) is 1.49. The quantitative estimate of drug-likeness (QED) is 0.0406. The number of aliphatic hydroxyl groups is 3. The fourth-order valence-corrected chi connectivity index (χ4v) is 10.9. The summed E-state index contributed by atoms with van der Waals surface area (Å²) in [6.45, 7) is 2.37. The van der Waals surface area contributed by atoms with E-state index in [0.29, 0.717) is 30.2 Å². The molecule has 352 valence electrons. The molecule has 68 heavy (non-hydrogen) atoms. The first-order valence-electron chi connectivity index (χ1n) is 23.6. The number of benzene rings is 4. The summed E-state index contributed by atoms with van der Waals surface area (Å²) < 4.78 is 31.7. The van der Waals surface area contributed by atoms with E-state index in [2.05, 4.69) is 78.6 Å². The van der Waals surface area contributed by atoms with Gasteiger partial charge >= 0.3 is 17.6 Å². The molecule has 1 aromatic heterocycles. The molecule has 3 aliphatic heterocycles. The Bertz CT molecular complexity index is 2890. The van der Waals surface area contributed by atoms with Crippen LogP contribution in [0.25, 0.3) is 11.0 Å². The lowest BCUT2D eigenvalue weighted by atomic mass is 9.71. The largest absolute Gasteiger partial charge is 0.482 e. The van der Waals surface area contributed by atoms with Crippen LogP contribution in [-0.4, -0.2) is 65.9 Å². The second-order valence-corrected chi connectivity index (χ2v) is 18.9. The van der Waals surface area contributed by atoms with Gasteiger partial charge in [0.1, 0.15) is 11.3 Å². The minimum atomic E-state index is -1.40. The second-order valence-electron chi connectivity index (χ2n) is 18.9. The smallest absolute Gasteiger partial charge is 0.340 e. The number of methoxy groups -OCH3 is 1. The highest BCUT2D eigenvalue weighted by Crippen LogP contribution is 2.50. The monoisotopic (exact) mass is 918 g/mol. The number of aliphatic hydroxyl groups excluding tert-OH is 3. The predicted molar refractivity (Wildman–Crippen MR) is 256 cm³/mol. The van der Waals surface area contributed by atoms with Crippen LogP contribution in [0.4, 0.5) is 0 Å². The van der Waals surface area contributed by atoms with Crippen LogP contribution < -0.4 is 10.4 Å². The van der Waals surface area contributed by atoms with Crippen LogP contribution in [0.15, 0.2) is 117 Å². The third-order valence-electron chi connectivity index (χ3n) is 14.4. The van der Waals surface area contributed by atoms with E-state index in [1.807, 2.05) is 18.2 Å². The summed E-state index contributed by atoms with van der Waals surface area (Å²) in [6, 6.07) is 28.7. The van der Waals surface area contributed by atoms with Crippen molar-refractivity contribution in [3.63, 3.8) is 0 Å². The van der Waals surface area contributed by atoms with Crippen molar-refractivity contribution in [1.29, 1.82) is 0 Å². The van der Waals surface area contributed by atoms with Crippen molar-refractivity contribution in [2.45, 2.75) is 107 Å². The summed E-state index contributed by atoms with van der Waals surface area (Å²) >= 11 is 0. The second kappa shape index (κ2) is 20.1. The Labute approximate surface area is 396 Å². The molecule has 5 aromatic rings. The molecule has 0 saturated carbocycles. The van der Waals surface area contributed by atoms with Crippen molar-refractivity contribution < 1.29 is 48.3 Å². The van der Waals surface area contributed by atoms with Crippen molar-refractivity contribution in [3.05, 3.63) is 169 Å². The Morgan fingerprint density at radius 3 is 2.51 bits per heavy atom. The fraction of sp³-hybridized carbons (Fsp3) is 0.386. The van der Waals surface area contributed by atoms with Crippen molar-refractivity contribution in [2.75, 3.05) is 26.9 Å². The number of hydrogen-bond donors (Lipinski definition) is 3. The fourth-order valence-electron chi connectivity index (χ4n) is 10.9. The lowest BCUT2D eigenvalue weighted by Gasteiger charge is -2.45. The lowest BCUT2D eigenvalue weighted by molar-refractivity contribution is -0.190. The van der Waals surface area contributed by atoms with E-state index in [4.69, 9.17) is 23.4 Å². The minimum absolute atomic E-state index is 0.00153. The summed E-state index contributed by atoms with van der Waals surface area (Å²) in [5.41, 5.74) is 5.84. The topological polar surface area (TPSA) is 162 Å². The normalized spacial score (nSPS) is 24.5. The number of ether oxygens (including phenoxy) is 4. The van der Waals surface area contributed by atoms with Gasteiger partial charge in [0.2, 0.25) is 0 Å². The van der Waals surface area contributed by atoms with Crippen LogP contribution in [0, 0.1) is 17.8 Å². The molecule has 0 saturated heterocycles. The highest BCUT2D eigenvalue weighted by molar-refractivity contribution is 5.90. The molecule has 7 unspecified atom stereocenters. The van der Waals surface area contributed by atoms with Crippen molar-refractivity contribution in [2.24, 2.45) is 5.92 Å². The summed E-state index contributed by atoms with van der Waals surface area (Å²) in [5.74, 6) is 4.74. The SMILES string of the molecule is COCC(CCO)c1c(CO)c2ccc3c(c2oc1=O)C1OC(=O)CC2CC(c4cccc(Cc5ccccc5)c4)C=CC2c2ccc4cc2CC#CCC(C)(O3)C1OC(=O)C(=C(C)CO)CC4. The molecule has 11 nitrogen and oxygen atoms in total. The average Bonchev–Trinajstić information content (AvgIpc) is 3.33. The molecule has 4 aliphatic rings. The van der Waals surface area contributed by atoms with Gasteiger partial charge in [-0.15, -0.1) is 0 Å². The summed E-state index contributed by atoms with van der Waals surface area (Å²) in [4.78, 5) is 43.9. The number of hydrogen-bond acceptors (Lipinski definition) is 11. The van der Waals surface area contributed by atoms with Gasteiger partial charge in [-0.2, -0.15) is 0 Å². The molecule has 5 bridgehead atoms. The van der Waals surface area contributed by atoms with E-state index in [9.17, 15) is 24.9 Å². The molecule has 0 radical (unpaired) electrons. The number of carbonyl (C=O) groups excluding carboxylic acids is 2. The van der Waals surface area contributed by atoms with Crippen molar-refractivity contribution in [1.82, 2.24) is 0 Å². The highest BCUT2D eigenvalue weighted by Gasteiger charge is 2.53. The van der Waals surface area contributed by atoms with E-state index in [0.717, 1.165) is 28.7 Å². The van der Waals surface area contributed by atoms with Crippen molar-refractivity contribution >= 4 is 22.9 Å². The summed E-state index contributed by atoms with van der Waals surface area (Å²) in [6.07, 6.45) is 4.64. The molecule has 0 fully saturated rings. The maximum absolute atomic E-state index is 15.1. The first kappa shape index (κ1) is 46.8. The number of esters is 2. The molecule has 4 heterocycles. The zero-order valence-electron chi connectivity index (χ0n) is 38.8.